The molecule has 0 bridgehead atoms. The normalized spacial score (nSPS) is 15.9. The largest absolute Gasteiger partial charge is 0.309 e. The molecule has 7 nitrogen and oxygen atoms in total. The number of thiophene rings is 1. The Hall–Kier alpha value is -2.49. The maximum Gasteiger partial charge on any atom is 0.262 e. The zero-order valence-electron chi connectivity index (χ0n) is 19.8. The van der Waals surface area contributed by atoms with Gasteiger partial charge in [0.15, 0.2) is 5.16 Å². The van der Waals surface area contributed by atoms with Crippen molar-refractivity contribution in [3.8, 4) is 0 Å². The molecule has 34 heavy (non-hydrogen) atoms. The highest BCUT2D eigenvalue weighted by molar-refractivity contribution is 7.98. The number of H-pyrrole nitrogens is 1. The Bertz CT molecular complexity index is 1470. The lowest BCUT2D eigenvalue weighted by Gasteiger charge is -2.17. The van der Waals surface area contributed by atoms with Gasteiger partial charge in [-0.05, 0) is 69.9 Å². The molecule has 4 aromatic rings. The topological polar surface area (TPSA) is 83.9 Å². The number of benzene rings is 1. The second-order valence-corrected chi connectivity index (χ2v) is 11.4. The maximum absolute atomic E-state index is 13.2. The van der Waals surface area contributed by atoms with Gasteiger partial charge >= 0.3 is 0 Å². The fourth-order valence-electron chi connectivity index (χ4n) is 4.59. The van der Waals surface area contributed by atoms with Crippen molar-refractivity contribution in [2.45, 2.75) is 50.1 Å². The van der Waals surface area contributed by atoms with E-state index in [1.807, 2.05) is 38.4 Å². The minimum Gasteiger partial charge on any atom is -0.309 e. The van der Waals surface area contributed by atoms with Crippen LogP contribution in [0.1, 0.15) is 36.0 Å². The lowest BCUT2D eigenvalue weighted by atomic mass is 9.89. The minimum atomic E-state index is -0.0532. The van der Waals surface area contributed by atoms with Crippen molar-refractivity contribution >= 4 is 44.2 Å². The van der Waals surface area contributed by atoms with Gasteiger partial charge in [-0.1, -0.05) is 30.8 Å². The van der Waals surface area contributed by atoms with Gasteiger partial charge < -0.3 is 9.88 Å². The van der Waals surface area contributed by atoms with Gasteiger partial charge in [-0.25, -0.2) is 9.97 Å². The van der Waals surface area contributed by atoms with Crippen molar-refractivity contribution in [1.82, 2.24) is 24.4 Å². The Morgan fingerprint density at radius 1 is 1.24 bits per heavy atom. The van der Waals surface area contributed by atoms with Crippen molar-refractivity contribution in [2.75, 3.05) is 20.6 Å². The number of aromatic amines is 1. The maximum atomic E-state index is 13.2. The number of hydrogen-bond donors (Lipinski definition) is 1. The van der Waals surface area contributed by atoms with Crippen LogP contribution in [0, 0.1) is 5.92 Å². The number of aromatic nitrogens is 4. The average molecular weight is 496 g/mol. The predicted molar refractivity (Wildman–Crippen MR) is 140 cm³/mol. The molecule has 0 fully saturated rings. The molecule has 1 atom stereocenters. The Morgan fingerprint density at radius 2 is 2.06 bits per heavy atom. The first-order chi connectivity index (χ1) is 16.4. The van der Waals surface area contributed by atoms with Crippen LogP contribution in [0.25, 0.3) is 21.1 Å². The van der Waals surface area contributed by atoms with Crippen LogP contribution in [0.4, 0.5) is 0 Å². The van der Waals surface area contributed by atoms with E-state index in [9.17, 15) is 9.59 Å². The molecule has 1 aliphatic rings. The smallest absolute Gasteiger partial charge is 0.262 e. The van der Waals surface area contributed by atoms with E-state index in [0.29, 0.717) is 40.1 Å². The monoisotopic (exact) mass is 495 g/mol. The van der Waals surface area contributed by atoms with Crippen molar-refractivity contribution in [1.29, 1.82) is 0 Å². The van der Waals surface area contributed by atoms with Crippen LogP contribution in [-0.2, 0) is 25.1 Å². The number of thioether (sulfide) groups is 1. The van der Waals surface area contributed by atoms with E-state index in [2.05, 4.69) is 16.8 Å². The molecular formula is C25H29N5O2S2. The molecule has 0 saturated carbocycles. The fourth-order valence-corrected chi connectivity index (χ4v) is 6.89. The van der Waals surface area contributed by atoms with E-state index in [1.54, 1.807) is 15.9 Å². The van der Waals surface area contributed by atoms with Gasteiger partial charge in [0, 0.05) is 11.4 Å². The summed E-state index contributed by atoms with van der Waals surface area (Å²) < 4.78 is 1.76. The molecule has 3 aromatic heterocycles. The molecule has 178 valence electrons. The first-order valence-electron chi connectivity index (χ1n) is 11.7. The second kappa shape index (κ2) is 9.64. The molecule has 0 unspecified atom stereocenters. The summed E-state index contributed by atoms with van der Waals surface area (Å²) in [5.74, 6) is 1.72. The quantitative estimate of drug-likeness (QED) is 0.307. The third-order valence-electron chi connectivity index (χ3n) is 6.37. The molecule has 9 heteroatoms. The molecule has 5 rings (SSSR count). The van der Waals surface area contributed by atoms with E-state index < -0.39 is 0 Å². The zero-order chi connectivity index (χ0) is 23.8. The van der Waals surface area contributed by atoms with Crippen molar-refractivity contribution in [3.05, 3.63) is 61.2 Å². The lowest BCUT2D eigenvalue weighted by molar-refractivity contribution is 0.379. The highest BCUT2D eigenvalue weighted by Crippen LogP contribution is 2.35. The van der Waals surface area contributed by atoms with E-state index >= 15 is 0 Å². The van der Waals surface area contributed by atoms with Crippen LogP contribution in [0.15, 0.2) is 39.0 Å². The number of fused-ring (bicyclic) bond motifs is 4. The fraction of sp³-hybridized carbons (Fsp3) is 0.440. The molecule has 0 radical (unpaired) electrons. The summed E-state index contributed by atoms with van der Waals surface area (Å²) in [6, 6.07) is 7.46. The van der Waals surface area contributed by atoms with Gasteiger partial charge in [-0.15, -0.1) is 11.3 Å². The van der Waals surface area contributed by atoms with E-state index in [-0.39, 0.29) is 11.1 Å². The van der Waals surface area contributed by atoms with Crippen LogP contribution in [0.3, 0.4) is 0 Å². The number of nitrogens with zero attached hydrogens (tertiary/aromatic N) is 4. The summed E-state index contributed by atoms with van der Waals surface area (Å²) in [6.45, 7) is 3.74. The van der Waals surface area contributed by atoms with E-state index in [1.165, 1.54) is 22.2 Å². The van der Waals surface area contributed by atoms with Gasteiger partial charge in [-0.2, -0.15) is 0 Å². The lowest BCUT2D eigenvalue weighted by Crippen LogP contribution is -2.25. The SMILES string of the molecule is C[C@@H]1CCc2c(sc3nc(CSc4nc5ccccc5c(=O)n4CCCN(C)C)[nH]c(=O)c23)C1. The Labute approximate surface area is 206 Å². The number of aryl methyl sites for hydroxylation is 1. The van der Waals surface area contributed by atoms with Crippen LogP contribution in [-0.4, -0.2) is 45.1 Å². The van der Waals surface area contributed by atoms with Crippen LogP contribution in [0.5, 0.6) is 0 Å². The highest BCUT2D eigenvalue weighted by Gasteiger charge is 2.23. The molecule has 0 amide bonds. The Kier molecular flexibility index (Phi) is 6.59. The third-order valence-corrected chi connectivity index (χ3v) is 8.50. The first-order valence-corrected chi connectivity index (χ1v) is 13.5. The summed E-state index contributed by atoms with van der Waals surface area (Å²) in [7, 11) is 4.05. The molecule has 0 aliphatic heterocycles. The number of rotatable bonds is 7. The number of para-hydroxylation sites is 1. The van der Waals surface area contributed by atoms with Gasteiger partial charge in [-0.3, -0.25) is 14.2 Å². The van der Waals surface area contributed by atoms with Crippen LogP contribution >= 0.6 is 23.1 Å². The van der Waals surface area contributed by atoms with Crippen LogP contribution in [0.2, 0.25) is 0 Å². The second-order valence-electron chi connectivity index (χ2n) is 9.36. The van der Waals surface area contributed by atoms with E-state index in [4.69, 9.17) is 9.97 Å². The summed E-state index contributed by atoms with van der Waals surface area (Å²) in [5, 5.41) is 2.05. The molecule has 1 aromatic carbocycles. The predicted octanol–water partition coefficient (Wildman–Crippen LogP) is 4.06. The Balaban J connectivity index is 1.46. The summed E-state index contributed by atoms with van der Waals surface area (Å²) in [5.41, 5.74) is 1.80. The number of nitrogens with one attached hydrogen (secondary N) is 1. The molecule has 1 aliphatic carbocycles. The molecule has 0 spiro atoms. The van der Waals surface area contributed by atoms with E-state index in [0.717, 1.165) is 42.4 Å². The van der Waals surface area contributed by atoms with Crippen LogP contribution < -0.4 is 11.1 Å². The summed E-state index contributed by atoms with van der Waals surface area (Å²) in [6.07, 6.45) is 3.95. The first kappa shape index (κ1) is 23.3. The zero-order valence-corrected chi connectivity index (χ0v) is 21.4. The average Bonchev–Trinajstić information content (AvgIpc) is 3.17. The molecule has 3 heterocycles. The molecule has 1 N–H and O–H groups in total. The minimum absolute atomic E-state index is 0.0242. The van der Waals surface area contributed by atoms with Gasteiger partial charge in [0.25, 0.3) is 11.1 Å². The highest BCUT2D eigenvalue weighted by atomic mass is 32.2. The third kappa shape index (κ3) is 4.56. The van der Waals surface area contributed by atoms with Crippen molar-refractivity contribution < 1.29 is 0 Å². The standard InChI is InChI=1S/C25H29N5O2S2/c1-15-9-10-17-19(13-15)34-23-21(17)22(31)27-20(28-23)14-33-25-26-18-8-5-4-7-16(18)24(32)30(25)12-6-11-29(2)3/h4-5,7-8,15H,6,9-14H2,1-3H3,(H,27,28,31)/t15-/m1/s1. The number of hydrogen-bond acceptors (Lipinski definition) is 7. The summed E-state index contributed by atoms with van der Waals surface area (Å²) >= 11 is 3.11. The Morgan fingerprint density at radius 3 is 2.88 bits per heavy atom. The van der Waals surface area contributed by atoms with Gasteiger partial charge in [0.05, 0.1) is 22.0 Å². The molecular weight excluding hydrogens is 466 g/mol. The van der Waals surface area contributed by atoms with Gasteiger partial charge in [0.2, 0.25) is 0 Å². The summed E-state index contributed by atoms with van der Waals surface area (Å²) in [4.78, 5) is 43.0. The van der Waals surface area contributed by atoms with Crippen molar-refractivity contribution in [2.24, 2.45) is 5.92 Å². The van der Waals surface area contributed by atoms with Gasteiger partial charge in [0.1, 0.15) is 10.7 Å². The molecule has 0 saturated heterocycles. The van der Waals surface area contributed by atoms with Crippen molar-refractivity contribution in [3.63, 3.8) is 0 Å².